The lowest BCUT2D eigenvalue weighted by Gasteiger charge is -2.29. The highest BCUT2D eigenvalue weighted by molar-refractivity contribution is 5.72. The van der Waals surface area contributed by atoms with Gasteiger partial charge in [0, 0.05) is 25.7 Å². The van der Waals surface area contributed by atoms with Gasteiger partial charge in [-0.25, -0.2) is 4.39 Å². The number of nitriles is 1. The number of benzene rings is 1. The van der Waals surface area contributed by atoms with E-state index in [9.17, 15) is 9.65 Å². The highest BCUT2D eigenvalue weighted by Gasteiger charge is 2.27. The van der Waals surface area contributed by atoms with Gasteiger partial charge in [0.05, 0.1) is 6.61 Å². The molecular weight excluding hydrogens is 371 g/mol. The van der Waals surface area contributed by atoms with Crippen LogP contribution in [0.4, 0.5) is 22.0 Å². The molecule has 1 saturated carbocycles. The number of rotatable bonds is 7. The van der Waals surface area contributed by atoms with Crippen LogP contribution in [0.15, 0.2) is 30.3 Å². The molecule has 0 spiro atoms. The van der Waals surface area contributed by atoms with Crippen molar-refractivity contribution in [3.05, 3.63) is 47.3 Å². The number of nitrogens with one attached hydrogen (secondary N) is 2. The maximum atomic E-state index is 13.2. The Morgan fingerprint density at radius 1 is 1.24 bits per heavy atom. The third-order valence-electron chi connectivity index (χ3n) is 5.04. The summed E-state index contributed by atoms with van der Waals surface area (Å²) in [5.41, 5.74) is 2.60. The van der Waals surface area contributed by atoms with Crippen LogP contribution in [-0.4, -0.2) is 47.4 Å². The van der Waals surface area contributed by atoms with E-state index in [1.165, 1.54) is 12.1 Å². The first kappa shape index (κ1) is 19.2. The summed E-state index contributed by atoms with van der Waals surface area (Å²) in [6.07, 6.45) is 4.99. The zero-order valence-corrected chi connectivity index (χ0v) is 16.0. The Hall–Kier alpha value is -3.18. The molecule has 0 unspecified atom stereocenters. The maximum Gasteiger partial charge on any atom is 0.226 e. The molecule has 1 aliphatic carbocycles. The molecule has 2 aliphatic rings. The molecule has 29 heavy (non-hydrogen) atoms. The van der Waals surface area contributed by atoms with Crippen molar-refractivity contribution in [2.45, 2.75) is 25.3 Å². The molecule has 8 heteroatoms. The SMILES string of the molecule is N#Cc1c(NC2CC2)nc(NCCO)nc1N1CC=C(c2ccc(F)cc2)CC1. The molecule has 0 amide bonds. The van der Waals surface area contributed by atoms with Gasteiger partial charge >= 0.3 is 0 Å². The summed E-state index contributed by atoms with van der Waals surface area (Å²) < 4.78 is 13.2. The highest BCUT2D eigenvalue weighted by atomic mass is 19.1. The van der Waals surface area contributed by atoms with Crippen LogP contribution in [0, 0.1) is 17.1 Å². The van der Waals surface area contributed by atoms with Gasteiger partial charge in [-0.1, -0.05) is 18.2 Å². The summed E-state index contributed by atoms with van der Waals surface area (Å²) >= 11 is 0. The Balaban J connectivity index is 1.61. The van der Waals surface area contributed by atoms with Crippen LogP contribution in [0.3, 0.4) is 0 Å². The number of nitrogens with zero attached hydrogens (tertiary/aromatic N) is 4. The van der Waals surface area contributed by atoms with Crippen molar-refractivity contribution < 1.29 is 9.50 Å². The maximum absolute atomic E-state index is 13.2. The van der Waals surface area contributed by atoms with Crippen LogP contribution in [0.25, 0.3) is 5.57 Å². The van der Waals surface area contributed by atoms with Crippen LogP contribution in [0.1, 0.15) is 30.4 Å². The Labute approximate surface area is 168 Å². The minimum Gasteiger partial charge on any atom is -0.395 e. The van der Waals surface area contributed by atoms with E-state index >= 15 is 0 Å². The van der Waals surface area contributed by atoms with Crippen molar-refractivity contribution in [3.63, 3.8) is 0 Å². The molecule has 3 N–H and O–H groups in total. The summed E-state index contributed by atoms with van der Waals surface area (Å²) in [7, 11) is 0. The van der Waals surface area contributed by atoms with Gasteiger partial charge in [0.1, 0.15) is 17.4 Å². The highest BCUT2D eigenvalue weighted by Crippen LogP contribution is 2.32. The van der Waals surface area contributed by atoms with Crippen molar-refractivity contribution >= 4 is 23.2 Å². The molecule has 1 aliphatic heterocycles. The largest absolute Gasteiger partial charge is 0.395 e. The molecule has 0 saturated heterocycles. The molecule has 7 nitrogen and oxygen atoms in total. The van der Waals surface area contributed by atoms with Crippen molar-refractivity contribution in [2.24, 2.45) is 0 Å². The molecule has 1 aromatic heterocycles. The van der Waals surface area contributed by atoms with E-state index in [1.807, 2.05) is 0 Å². The Kier molecular flexibility index (Phi) is 5.58. The summed E-state index contributed by atoms with van der Waals surface area (Å²) in [5, 5.41) is 25.2. The van der Waals surface area contributed by atoms with E-state index in [4.69, 9.17) is 5.11 Å². The minimum absolute atomic E-state index is 0.0302. The Morgan fingerprint density at radius 2 is 2.03 bits per heavy atom. The first-order chi connectivity index (χ1) is 14.2. The third-order valence-corrected chi connectivity index (χ3v) is 5.04. The lowest BCUT2D eigenvalue weighted by molar-refractivity contribution is 0.311. The number of aromatic nitrogens is 2. The van der Waals surface area contributed by atoms with Gasteiger partial charge in [0.2, 0.25) is 5.95 Å². The van der Waals surface area contributed by atoms with Gasteiger partial charge in [0.15, 0.2) is 11.6 Å². The van der Waals surface area contributed by atoms with Gasteiger partial charge in [0.25, 0.3) is 0 Å². The smallest absolute Gasteiger partial charge is 0.226 e. The van der Waals surface area contributed by atoms with E-state index in [0.717, 1.165) is 30.4 Å². The number of anilines is 3. The van der Waals surface area contributed by atoms with Crippen LogP contribution >= 0.6 is 0 Å². The van der Waals surface area contributed by atoms with E-state index in [2.05, 4.69) is 37.6 Å². The summed E-state index contributed by atoms with van der Waals surface area (Å²) in [5.74, 6) is 1.27. The second kappa shape index (κ2) is 8.45. The second-order valence-electron chi connectivity index (χ2n) is 7.21. The van der Waals surface area contributed by atoms with Crippen molar-refractivity contribution in [3.8, 4) is 6.07 Å². The van der Waals surface area contributed by atoms with Crippen LogP contribution in [-0.2, 0) is 0 Å². The number of aliphatic hydroxyl groups excluding tert-OH is 1. The van der Waals surface area contributed by atoms with E-state index in [-0.39, 0.29) is 12.4 Å². The fourth-order valence-electron chi connectivity index (χ4n) is 3.34. The van der Waals surface area contributed by atoms with Gasteiger partial charge in [-0.15, -0.1) is 0 Å². The molecule has 0 bridgehead atoms. The molecule has 0 radical (unpaired) electrons. The topological polar surface area (TPSA) is 97.1 Å². The normalized spacial score (nSPS) is 16.2. The van der Waals surface area contributed by atoms with Gasteiger partial charge in [-0.2, -0.15) is 15.2 Å². The lowest BCUT2D eigenvalue weighted by atomic mass is 9.99. The van der Waals surface area contributed by atoms with Gasteiger partial charge in [-0.05, 0) is 42.5 Å². The number of halogens is 1. The first-order valence-electron chi connectivity index (χ1n) is 9.81. The predicted octanol–water partition coefficient (Wildman–Crippen LogP) is 2.76. The third kappa shape index (κ3) is 4.46. The second-order valence-corrected chi connectivity index (χ2v) is 7.21. The zero-order chi connectivity index (χ0) is 20.2. The van der Waals surface area contributed by atoms with Crippen molar-refractivity contribution in [2.75, 3.05) is 41.8 Å². The molecule has 2 heterocycles. The Bertz CT molecular complexity index is 949. The summed E-state index contributed by atoms with van der Waals surface area (Å²) in [6.45, 7) is 1.60. The number of hydrogen-bond acceptors (Lipinski definition) is 7. The van der Waals surface area contributed by atoms with Crippen molar-refractivity contribution in [1.29, 1.82) is 5.26 Å². The van der Waals surface area contributed by atoms with E-state index < -0.39 is 0 Å². The zero-order valence-electron chi connectivity index (χ0n) is 16.0. The van der Waals surface area contributed by atoms with Crippen LogP contribution in [0.5, 0.6) is 0 Å². The summed E-state index contributed by atoms with van der Waals surface area (Å²) in [6, 6.07) is 9.12. The Morgan fingerprint density at radius 3 is 2.66 bits per heavy atom. The van der Waals surface area contributed by atoms with E-state index in [0.29, 0.717) is 48.8 Å². The predicted molar refractivity (Wildman–Crippen MR) is 110 cm³/mol. The molecule has 2 aromatic rings. The average molecular weight is 394 g/mol. The number of aliphatic hydroxyl groups is 1. The summed E-state index contributed by atoms with van der Waals surface area (Å²) in [4.78, 5) is 11.0. The molecule has 0 atom stereocenters. The molecule has 150 valence electrons. The average Bonchev–Trinajstić information content (AvgIpc) is 3.56. The lowest BCUT2D eigenvalue weighted by Crippen LogP contribution is -2.30. The number of hydrogen-bond donors (Lipinski definition) is 3. The van der Waals surface area contributed by atoms with Crippen molar-refractivity contribution in [1.82, 2.24) is 9.97 Å². The molecule has 1 aromatic carbocycles. The molecular formula is C21H23FN6O. The van der Waals surface area contributed by atoms with Gasteiger partial charge < -0.3 is 20.6 Å². The molecule has 1 fully saturated rings. The first-order valence-corrected chi connectivity index (χ1v) is 9.81. The fourth-order valence-corrected chi connectivity index (χ4v) is 3.34. The van der Waals surface area contributed by atoms with Crippen LogP contribution < -0.4 is 15.5 Å². The quantitative estimate of drug-likeness (QED) is 0.664. The monoisotopic (exact) mass is 394 g/mol. The standard InChI is InChI=1S/C21H23FN6O/c22-16-3-1-14(2-4-16)15-7-10-28(11-8-15)20-18(13-23)19(25-17-5-6-17)26-21(27-20)24-9-12-29/h1-4,7,17,29H,5-6,8-12H2,(H2,24,25,26,27). The molecule has 4 rings (SSSR count). The van der Waals surface area contributed by atoms with Crippen LogP contribution in [0.2, 0.25) is 0 Å². The fraction of sp³-hybridized carbons (Fsp3) is 0.381. The van der Waals surface area contributed by atoms with Gasteiger partial charge in [-0.3, -0.25) is 0 Å². The van der Waals surface area contributed by atoms with E-state index in [1.54, 1.807) is 12.1 Å². The minimum atomic E-state index is -0.245.